The number of methoxy groups -OCH3 is 1. The predicted molar refractivity (Wildman–Crippen MR) is 122 cm³/mol. The summed E-state index contributed by atoms with van der Waals surface area (Å²) in [5.41, 5.74) is 2.18. The molecule has 2 heterocycles. The van der Waals surface area contributed by atoms with Crippen LogP contribution in [0, 0.1) is 11.8 Å². The van der Waals surface area contributed by atoms with Gasteiger partial charge in [0.25, 0.3) is 0 Å². The number of fused-ring (bicyclic) bond motifs is 1. The molecule has 0 bridgehead atoms. The van der Waals surface area contributed by atoms with Crippen molar-refractivity contribution in [3.63, 3.8) is 0 Å². The second kappa shape index (κ2) is 9.37. The summed E-state index contributed by atoms with van der Waals surface area (Å²) in [6, 6.07) is 12.9. The summed E-state index contributed by atoms with van der Waals surface area (Å²) < 4.78 is 22.8. The Morgan fingerprint density at radius 1 is 1.03 bits per heavy atom. The van der Waals surface area contributed by atoms with Crippen molar-refractivity contribution >= 4 is 11.6 Å². The van der Waals surface area contributed by atoms with Gasteiger partial charge in [-0.15, -0.1) is 0 Å². The number of ether oxygens (including phenoxy) is 4. The lowest BCUT2D eigenvalue weighted by molar-refractivity contribution is -0.366. The minimum absolute atomic E-state index is 0.245. The molecule has 7 atom stereocenters. The van der Waals surface area contributed by atoms with Gasteiger partial charge in [-0.2, -0.15) is 0 Å². The number of hydrogen-bond acceptors (Lipinski definition) is 8. The number of rotatable bonds is 7. The van der Waals surface area contributed by atoms with Crippen molar-refractivity contribution in [1.82, 2.24) is 0 Å². The molecule has 0 amide bonds. The molecule has 2 saturated heterocycles. The Hall–Kier alpha value is -1.75. The van der Waals surface area contributed by atoms with E-state index in [1.54, 1.807) is 18.2 Å². The average molecular weight is 493 g/mol. The lowest BCUT2D eigenvalue weighted by Crippen LogP contribution is -2.64. The van der Waals surface area contributed by atoms with Gasteiger partial charge in [-0.05, 0) is 41.8 Å². The molecule has 9 heteroatoms. The Labute approximate surface area is 202 Å². The molecule has 3 unspecified atom stereocenters. The highest BCUT2D eigenvalue weighted by Gasteiger charge is 2.56. The molecular weight excluding hydrogens is 464 g/mol. The van der Waals surface area contributed by atoms with Gasteiger partial charge < -0.3 is 39.4 Å². The highest BCUT2D eigenvalue weighted by Crippen LogP contribution is 2.46. The normalized spacial score (nSPS) is 36.8. The Kier molecular flexibility index (Phi) is 6.60. The molecule has 2 aromatic rings. The van der Waals surface area contributed by atoms with E-state index in [1.807, 2.05) is 24.3 Å². The Morgan fingerprint density at radius 3 is 2.38 bits per heavy atom. The van der Waals surface area contributed by atoms with Gasteiger partial charge in [0.05, 0.1) is 19.8 Å². The average Bonchev–Trinajstić information content (AvgIpc) is 3.25. The van der Waals surface area contributed by atoms with E-state index in [4.69, 9.17) is 30.5 Å². The Morgan fingerprint density at radius 2 is 1.74 bits per heavy atom. The van der Waals surface area contributed by atoms with Crippen LogP contribution in [0.1, 0.15) is 16.7 Å². The first-order valence-corrected chi connectivity index (χ1v) is 11.8. The predicted octanol–water partition coefficient (Wildman–Crippen LogP) is 1.23. The van der Waals surface area contributed by atoms with Crippen LogP contribution in [0.15, 0.2) is 42.5 Å². The minimum atomic E-state index is -1.78. The summed E-state index contributed by atoms with van der Waals surface area (Å²) in [6.07, 6.45) is -5.02. The molecule has 5 rings (SSSR count). The van der Waals surface area contributed by atoms with E-state index in [9.17, 15) is 20.4 Å². The van der Waals surface area contributed by atoms with Crippen molar-refractivity contribution in [2.24, 2.45) is 11.8 Å². The summed E-state index contributed by atoms with van der Waals surface area (Å²) in [5, 5.41) is 41.3. The fourth-order valence-electron chi connectivity index (χ4n) is 5.02. The molecule has 1 aliphatic carbocycles. The number of halogens is 1. The van der Waals surface area contributed by atoms with E-state index < -0.39 is 36.8 Å². The van der Waals surface area contributed by atoms with Gasteiger partial charge in [-0.3, -0.25) is 0 Å². The van der Waals surface area contributed by atoms with Gasteiger partial charge in [-0.25, -0.2) is 0 Å². The molecule has 2 aliphatic heterocycles. The second-order valence-corrected chi connectivity index (χ2v) is 9.62. The van der Waals surface area contributed by atoms with Crippen LogP contribution in [-0.4, -0.2) is 77.9 Å². The van der Waals surface area contributed by atoms with Crippen LogP contribution in [0.2, 0.25) is 5.02 Å². The quantitative estimate of drug-likeness (QED) is 0.456. The highest BCUT2D eigenvalue weighted by molar-refractivity contribution is 6.31. The molecule has 3 fully saturated rings. The van der Waals surface area contributed by atoms with Crippen LogP contribution in [0.25, 0.3) is 0 Å². The lowest BCUT2D eigenvalue weighted by Gasteiger charge is -2.47. The molecule has 0 radical (unpaired) electrons. The van der Waals surface area contributed by atoms with Crippen molar-refractivity contribution in [3.05, 3.63) is 64.2 Å². The summed E-state index contributed by atoms with van der Waals surface area (Å²) in [5.74, 6) is 0.0610. The van der Waals surface area contributed by atoms with E-state index in [1.165, 1.54) is 7.11 Å². The number of aliphatic hydroxyl groups excluding tert-OH is 4. The van der Waals surface area contributed by atoms with Crippen molar-refractivity contribution in [1.29, 1.82) is 0 Å². The van der Waals surface area contributed by atoms with Crippen LogP contribution < -0.4 is 4.74 Å². The first kappa shape index (κ1) is 24.0. The van der Waals surface area contributed by atoms with Crippen molar-refractivity contribution in [2.75, 3.05) is 26.9 Å². The van der Waals surface area contributed by atoms with Gasteiger partial charge in [-0.1, -0.05) is 29.8 Å². The first-order valence-electron chi connectivity index (χ1n) is 11.4. The second-order valence-electron chi connectivity index (χ2n) is 9.21. The number of aliphatic hydroxyl groups is 4. The van der Waals surface area contributed by atoms with Gasteiger partial charge >= 0.3 is 0 Å². The zero-order chi connectivity index (χ0) is 24.0. The molecule has 184 valence electrons. The third-order valence-electron chi connectivity index (χ3n) is 7.17. The molecule has 4 N–H and O–H groups in total. The van der Waals surface area contributed by atoms with Crippen LogP contribution >= 0.6 is 11.6 Å². The largest absolute Gasteiger partial charge is 0.490 e. The summed E-state index contributed by atoms with van der Waals surface area (Å²) in [7, 11) is 1.33. The van der Waals surface area contributed by atoms with E-state index in [2.05, 4.69) is 0 Å². The molecule has 34 heavy (non-hydrogen) atoms. The van der Waals surface area contributed by atoms with Crippen molar-refractivity contribution in [3.8, 4) is 5.75 Å². The third kappa shape index (κ3) is 4.12. The van der Waals surface area contributed by atoms with E-state index in [0.29, 0.717) is 28.8 Å². The Balaban J connectivity index is 1.35. The van der Waals surface area contributed by atoms with E-state index in [-0.39, 0.29) is 6.10 Å². The smallest absolute Gasteiger partial charge is 0.224 e. The van der Waals surface area contributed by atoms with E-state index in [0.717, 1.165) is 30.1 Å². The van der Waals surface area contributed by atoms with Gasteiger partial charge in [0.2, 0.25) is 5.79 Å². The number of benzene rings is 2. The van der Waals surface area contributed by atoms with E-state index >= 15 is 0 Å². The van der Waals surface area contributed by atoms with Crippen molar-refractivity contribution < 1.29 is 39.4 Å². The lowest BCUT2D eigenvalue weighted by atomic mass is 9.87. The monoisotopic (exact) mass is 492 g/mol. The fraction of sp³-hybridized carbons (Fsp3) is 0.520. The maximum absolute atomic E-state index is 10.7. The SMILES string of the molecule is COC1(c2ccc(Cl)c(Cc3ccc(OC4C5COCC54)cc3)c2)O[C@H](CO)[C@@H](O)[C@H](O)[C@H]1O. The van der Waals surface area contributed by atoms with Gasteiger partial charge in [0.15, 0.2) is 0 Å². The van der Waals surface area contributed by atoms with Crippen molar-refractivity contribution in [2.45, 2.75) is 42.7 Å². The third-order valence-corrected chi connectivity index (χ3v) is 7.53. The minimum Gasteiger partial charge on any atom is -0.490 e. The molecule has 2 aromatic carbocycles. The Bertz CT molecular complexity index is 1000. The zero-order valence-corrected chi connectivity index (χ0v) is 19.5. The van der Waals surface area contributed by atoms with Gasteiger partial charge in [0, 0.05) is 29.5 Å². The van der Waals surface area contributed by atoms with Crippen LogP contribution in [0.4, 0.5) is 0 Å². The topological polar surface area (TPSA) is 118 Å². The number of hydrogen-bond donors (Lipinski definition) is 4. The fourth-order valence-corrected chi connectivity index (χ4v) is 5.20. The summed E-state index contributed by atoms with van der Waals surface area (Å²) >= 11 is 6.47. The zero-order valence-electron chi connectivity index (χ0n) is 18.7. The molecule has 0 aromatic heterocycles. The molecular formula is C25H29ClO8. The first-order chi connectivity index (χ1) is 16.4. The standard InChI is InChI=1S/C25H29ClO8/c1-31-25(24(30)22(29)21(28)20(10-27)34-25)15-4-7-19(26)14(9-15)8-13-2-5-16(6-3-13)33-23-17-11-32-12-18(17)23/h2-7,9,17-18,20-24,27-30H,8,10-12H2,1H3/t17?,18?,20-,21-,22+,23?,24-,25?/m1/s1. The van der Waals surface area contributed by atoms with Crippen LogP contribution in [-0.2, 0) is 26.4 Å². The molecule has 1 saturated carbocycles. The summed E-state index contributed by atoms with van der Waals surface area (Å²) in [6.45, 7) is 0.998. The van der Waals surface area contributed by atoms with Crippen LogP contribution in [0.3, 0.4) is 0 Å². The molecule has 8 nitrogen and oxygen atoms in total. The molecule has 3 aliphatic rings. The molecule has 0 spiro atoms. The summed E-state index contributed by atoms with van der Waals surface area (Å²) in [4.78, 5) is 0. The maximum Gasteiger partial charge on any atom is 0.224 e. The maximum atomic E-state index is 10.7. The van der Waals surface area contributed by atoms with Crippen LogP contribution in [0.5, 0.6) is 5.75 Å². The highest BCUT2D eigenvalue weighted by atomic mass is 35.5. The van der Waals surface area contributed by atoms with Gasteiger partial charge in [0.1, 0.15) is 36.3 Å².